The fraction of sp³-hybridized carbons (Fsp3) is 0.833. The average molecular weight is 108 g/mol. The van der Waals surface area contributed by atoms with E-state index in [1.165, 1.54) is 0 Å². The molecule has 0 saturated heterocycles. The summed E-state index contributed by atoms with van der Waals surface area (Å²) in [7, 11) is 5.50. The number of hydrogen-bond acceptors (Lipinski definition) is 1. The summed E-state index contributed by atoms with van der Waals surface area (Å²) in [5.41, 5.74) is 0. The highest BCUT2D eigenvalue weighted by atomic mass is 16.1. The predicted octanol–water partition coefficient (Wildman–Crippen LogP) is 1.09. The van der Waals surface area contributed by atoms with Crippen LogP contribution < -0.4 is 0 Å². The van der Waals surface area contributed by atoms with Gasteiger partial charge in [0.25, 0.3) is 0 Å². The van der Waals surface area contributed by atoms with Gasteiger partial charge >= 0.3 is 0 Å². The second kappa shape index (κ2) is 2.34. The summed E-state index contributed by atoms with van der Waals surface area (Å²) in [6.07, 6.45) is 3.40. The van der Waals surface area contributed by atoms with Crippen LogP contribution in [-0.4, -0.2) is 13.6 Å². The molecule has 0 amide bonds. The molecule has 0 spiro atoms. The van der Waals surface area contributed by atoms with E-state index in [-0.39, 0.29) is 5.82 Å². The van der Waals surface area contributed by atoms with Gasteiger partial charge in [0.05, 0.1) is 7.85 Å². The number of rotatable bonds is 0. The number of carbonyl (C=O) groups excluding carboxylic acids is 1. The van der Waals surface area contributed by atoms with E-state index in [2.05, 4.69) is 0 Å². The molecule has 2 heteroatoms. The van der Waals surface area contributed by atoms with Gasteiger partial charge in [-0.25, -0.2) is 0 Å². The number of Topliss-reactive ketones (excluding diaryl/α,β-unsaturated/α-hetero) is 1. The zero-order valence-electron chi connectivity index (χ0n) is 4.89. The number of carbonyl (C=O) groups is 1. The summed E-state index contributed by atoms with van der Waals surface area (Å²) in [5.74, 6) is 0.500. The zero-order valence-corrected chi connectivity index (χ0v) is 4.89. The van der Waals surface area contributed by atoms with Gasteiger partial charge in [0.15, 0.2) is 0 Å². The van der Waals surface area contributed by atoms with Crippen molar-refractivity contribution in [3.8, 4) is 0 Å². The lowest BCUT2D eigenvalue weighted by Gasteiger charge is -2.15. The van der Waals surface area contributed by atoms with E-state index in [9.17, 15) is 4.79 Å². The molecule has 0 heterocycles. The largest absolute Gasteiger partial charge is 0.300 e. The number of hydrogen-bond donors (Lipinski definition) is 0. The van der Waals surface area contributed by atoms with Gasteiger partial charge in [0, 0.05) is 12.8 Å². The van der Waals surface area contributed by atoms with Crippen molar-refractivity contribution in [2.24, 2.45) is 0 Å². The van der Waals surface area contributed by atoms with Gasteiger partial charge in [-0.05, 0) is 6.42 Å². The molecule has 0 aromatic carbocycles. The Morgan fingerprint density at radius 3 is 2.75 bits per heavy atom. The van der Waals surface area contributed by atoms with Crippen molar-refractivity contribution in [3.63, 3.8) is 0 Å². The molecule has 1 aliphatic rings. The van der Waals surface area contributed by atoms with Crippen molar-refractivity contribution in [2.45, 2.75) is 31.5 Å². The zero-order chi connectivity index (χ0) is 5.98. The molecule has 1 unspecified atom stereocenters. The monoisotopic (exact) mass is 108 g/mol. The van der Waals surface area contributed by atoms with Crippen molar-refractivity contribution < 1.29 is 4.79 Å². The molecule has 1 saturated carbocycles. The van der Waals surface area contributed by atoms with Crippen molar-refractivity contribution in [1.82, 2.24) is 0 Å². The van der Waals surface area contributed by atoms with Crippen LogP contribution >= 0.6 is 0 Å². The first kappa shape index (κ1) is 5.86. The Morgan fingerprint density at radius 2 is 2.38 bits per heavy atom. The van der Waals surface area contributed by atoms with Gasteiger partial charge in [0.1, 0.15) is 5.78 Å². The molecule has 8 heavy (non-hydrogen) atoms. The minimum Gasteiger partial charge on any atom is -0.300 e. The third kappa shape index (κ3) is 1.36. The maximum atomic E-state index is 10.6. The van der Waals surface area contributed by atoms with Gasteiger partial charge in [-0.3, -0.25) is 4.79 Å². The minimum absolute atomic E-state index is 0.163. The summed E-state index contributed by atoms with van der Waals surface area (Å²) in [5, 5.41) is 0. The molecule has 0 aromatic heterocycles. The average Bonchev–Trinajstić information content (AvgIpc) is 1.64. The van der Waals surface area contributed by atoms with Crippen molar-refractivity contribution in [2.75, 3.05) is 0 Å². The van der Waals surface area contributed by atoms with Gasteiger partial charge in [-0.15, -0.1) is 0 Å². The van der Waals surface area contributed by atoms with Crippen LogP contribution in [-0.2, 0) is 4.79 Å². The fourth-order valence-corrected chi connectivity index (χ4v) is 1.06. The van der Waals surface area contributed by atoms with Gasteiger partial charge in [-0.2, -0.15) is 0 Å². The molecule has 0 bridgehead atoms. The molecule has 1 aliphatic carbocycles. The van der Waals surface area contributed by atoms with E-state index < -0.39 is 0 Å². The smallest absolute Gasteiger partial charge is 0.132 e. The maximum Gasteiger partial charge on any atom is 0.132 e. The van der Waals surface area contributed by atoms with Crippen molar-refractivity contribution >= 4 is 13.6 Å². The SMILES string of the molecule is [B]C1CCCC(=O)C1. The minimum atomic E-state index is 0.163. The number of ketones is 1. The van der Waals surface area contributed by atoms with E-state index in [1.807, 2.05) is 0 Å². The molecule has 42 valence electrons. The van der Waals surface area contributed by atoms with Gasteiger partial charge in [-0.1, -0.05) is 12.2 Å². The van der Waals surface area contributed by atoms with E-state index in [0.29, 0.717) is 12.2 Å². The highest BCUT2D eigenvalue weighted by Gasteiger charge is 2.13. The molecule has 1 nitrogen and oxygen atoms in total. The topological polar surface area (TPSA) is 17.1 Å². The molecular formula is C6H9BO. The molecule has 2 radical (unpaired) electrons. The quantitative estimate of drug-likeness (QED) is 0.424. The van der Waals surface area contributed by atoms with Crippen LogP contribution in [0.15, 0.2) is 0 Å². The summed E-state index contributed by atoms with van der Waals surface area (Å²) < 4.78 is 0. The molecule has 0 aromatic rings. The Balaban J connectivity index is 2.34. The molecule has 1 atom stereocenters. The highest BCUT2D eigenvalue weighted by molar-refractivity contribution is 6.13. The van der Waals surface area contributed by atoms with Crippen LogP contribution in [0, 0.1) is 0 Å². The van der Waals surface area contributed by atoms with Crippen LogP contribution in [0.5, 0.6) is 0 Å². The van der Waals surface area contributed by atoms with Crippen molar-refractivity contribution in [1.29, 1.82) is 0 Å². The second-order valence-electron chi connectivity index (χ2n) is 2.40. The molecule has 0 N–H and O–H groups in total. The van der Waals surface area contributed by atoms with Crippen LogP contribution in [0.2, 0.25) is 5.82 Å². The van der Waals surface area contributed by atoms with E-state index in [4.69, 9.17) is 7.85 Å². The van der Waals surface area contributed by atoms with Crippen LogP contribution in [0.1, 0.15) is 25.7 Å². The fourth-order valence-electron chi connectivity index (χ4n) is 1.06. The van der Waals surface area contributed by atoms with E-state index in [1.54, 1.807) is 0 Å². The van der Waals surface area contributed by atoms with Gasteiger partial charge in [0.2, 0.25) is 0 Å². The van der Waals surface area contributed by atoms with Crippen LogP contribution in [0.4, 0.5) is 0 Å². The maximum absolute atomic E-state index is 10.6. The second-order valence-corrected chi connectivity index (χ2v) is 2.40. The highest BCUT2D eigenvalue weighted by Crippen LogP contribution is 2.22. The standard InChI is InChI=1S/C6H9BO/c7-5-2-1-3-6(8)4-5/h5H,1-4H2. The van der Waals surface area contributed by atoms with Crippen LogP contribution in [0.3, 0.4) is 0 Å². The van der Waals surface area contributed by atoms with Crippen LogP contribution in [0.25, 0.3) is 0 Å². The Kier molecular flexibility index (Phi) is 1.71. The lowest BCUT2D eigenvalue weighted by molar-refractivity contribution is -0.120. The first-order chi connectivity index (χ1) is 3.79. The predicted molar refractivity (Wildman–Crippen MR) is 33.0 cm³/mol. The summed E-state index contributed by atoms with van der Waals surface area (Å²) in [6, 6.07) is 0. The van der Waals surface area contributed by atoms with Crippen molar-refractivity contribution in [3.05, 3.63) is 0 Å². The lowest BCUT2D eigenvalue weighted by atomic mass is 9.75. The Bertz CT molecular complexity index is 101. The summed E-state index contributed by atoms with van der Waals surface area (Å²) in [4.78, 5) is 10.6. The Labute approximate surface area is 50.9 Å². The third-order valence-electron chi connectivity index (χ3n) is 1.52. The summed E-state index contributed by atoms with van der Waals surface area (Å²) >= 11 is 0. The van der Waals surface area contributed by atoms with E-state index >= 15 is 0 Å². The molecular weight excluding hydrogens is 98.9 g/mol. The third-order valence-corrected chi connectivity index (χ3v) is 1.52. The lowest BCUT2D eigenvalue weighted by Crippen LogP contribution is -2.09. The first-order valence-electron chi connectivity index (χ1n) is 3.06. The Morgan fingerprint density at radius 1 is 1.62 bits per heavy atom. The Hall–Kier alpha value is -0.265. The van der Waals surface area contributed by atoms with Gasteiger partial charge < -0.3 is 0 Å². The normalized spacial score (nSPS) is 30.5. The molecule has 1 fully saturated rings. The summed E-state index contributed by atoms with van der Waals surface area (Å²) in [6.45, 7) is 0. The van der Waals surface area contributed by atoms with E-state index in [0.717, 1.165) is 19.3 Å². The molecule has 1 rings (SSSR count). The first-order valence-corrected chi connectivity index (χ1v) is 3.06. The molecule has 0 aliphatic heterocycles.